The van der Waals surface area contributed by atoms with Crippen molar-refractivity contribution in [3.05, 3.63) is 39.9 Å². The standard InChI is InChI=1S/C13H18N2O2/c16-15(17)13-9-5-4-6-11(13)10-14-12-7-2-1-3-8-12/h4-6,9,12,14H,1-3,7-8,10H2. The van der Waals surface area contributed by atoms with Crippen LogP contribution in [0.5, 0.6) is 0 Å². The third-order valence-electron chi connectivity index (χ3n) is 3.37. The highest BCUT2D eigenvalue weighted by atomic mass is 16.6. The fourth-order valence-electron chi connectivity index (χ4n) is 2.40. The molecule has 1 aromatic rings. The first-order valence-electron chi connectivity index (χ1n) is 6.23. The van der Waals surface area contributed by atoms with Crippen molar-refractivity contribution in [2.75, 3.05) is 0 Å². The van der Waals surface area contributed by atoms with Gasteiger partial charge in [-0.25, -0.2) is 0 Å². The number of hydrogen-bond donors (Lipinski definition) is 1. The third kappa shape index (κ3) is 3.27. The predicted octanol–water partition coefficient (Wildman–Crippen LogP) is 3.02. The molecule has 1 fully saturated rings. The minimum Gasteiger partial charge on any atom is -0.310 e. The van der Waals surface area contributed by atoms with Crippen molar-refractivity contribution in [2.24, 2.45) is 0 Å². The van der Waals surface area contributed by atoms with Crippen LogP contribution in [0.3, 0.4) is 0 Å². The zero-order valence-corrected chi connectivity index (χ0v) is 9.89. The van der Waals surface area contributed by atoms with E-state index in [0.29, 0.717) is 12.6 Å². The molecule has 92 valence electrons. The van der Waals surface area contributed by atoms with Crippen LogP contribution in [0.25, 0.3) is 0 Å². The quantitative estimate of drug-likeness (QED) is 0.643. The number of benzene rings is 1. The van der Waals surface area contributed by atoms with E-state index in [2.05, 4.69) is 5.32 Å². The fraction of sp³-hybridized carbons (Fsp3) is 0.538. The van der Waals surface area contributed by atoms with Crippen LogP contribution >= 0.6 is 0 Å². The summed E-state index contributed by atoms with van der Waals surface area (Å²) in [5, 5.41) is 14.3. The molecule has 0 saturated heterocycles. The average Bonchev–Trinajstić information content (AvgIpc) is 2.38. The van der Waals surface area contributed by atoms with E-state index in [1.165, 1.54) is 32.1 Å². The first kappa shape index (κ1) is 12.0. The SMILES string of the molecule is O=[N+]([O-])c1ccccc1CNC1CCCCC1. The Labute approximate surface area is 101 Å². The van der Waals surface area contributed by atoms with E-state index in [-0.39, 0.29) is 10.6 Å². The van der Waals surface area contributed by atoms with E-state index in [1.54, 1.807) is 12.1 Å². The number of rotatable bonds is 4. The van der Waals surface area contributed by atoms with Gasteiger partial charge in [0.15, 0.2) is 0 Å². The van der Waals surface area contributed by atoms with Crippen LogP contribution in [0.15, 0.2) is 24.3 Å². The van der Waals surface area contributed by atoms with Crippen molar-refractivity contribution < 1.29 is 4.92 Å². The highest BCUT2D eigenvalue weighted by Gasteiger charge is 2.16. The molecular formula is C13H18N2O2. The Morgan fingerprint density at radius 3 is 2.65 bits per heavy atom. The molecule has 1 saturated carbocycles. The summed E-state index contributed by atoms with van der Waals surface area (Å²) in [4.78, 5) is 10.5. The van der Waals surface area contributed by atoms with Crippen molar-refractivity contribution in [3.8, 4) is 0 Å². The zero-order valence-electron chi connectivity index (χ0n) is 9.89. The Bertz CT molecular complexity index is 387. The van der Waals surface area contributed by atoms with E-state index >= 15 is 0 Å². The van der Waals surface area contributed by atoms with Crippen LogP contribution in [-0.4, -0.2) is 11.0 Å². The second kappa shape index (κ2) is 5.77. The minimum atomic E-state index is -0.308. The van der Waals surface area contributed by atoms with E-state index in [1.807, 2.05) is 12.1 Å². The third-order valence-corrected chi connectivity index (χ3v) is 3.37. The Morgan fingerprint density at radius 2 is 1.94 bits per heavy atom. The lowest BCUT2D eigenvalue weighted by Crippen LogP contribution is -2.30. The van der Waals surface area contributed by atoms with Crippen molar-refractivity contribution in [1.29, 1.82) is 0 Å². The smallest absolute Gasteiger partial charge is 0.273 e. The summed E-state index contributed by atoms with van der Waals surface area (Å²) in [5.74, 6) is 0. The van der Waals surface area contributed by atoms with Gasteiger partial charge in [0, 0.05) is 24.2 Å². The van der Waals surface area contributed by atoms with E-state index < -0.39 is 0 Å². The predicted molar refractivity (Wildman–Crippen MR) is 66.8 cm³/mol. The van der Waals surface area contributed by atoms with Crippen LogP contribution in [0.1, 0.15) is 37.7 Å². The second-order valence-electron chi connectivity index (χ2n) is 4.60. The highest BCUT2D eigenvalue weighted by molar-refractivity contribution is 5.39. The summed E-state index contributed by atoms with van der Waals surface area (Å²) in [7, 11) is 0. The van der Waals surface area contributed by atoms with Gasteiger partial charge in [0.1, 0.15) is 0 Å². The summed E-state index contributed by atoms with van der Waals surface area (Å²) < 4.78 is 0. The minimum absolute atomic E-state index is 0.218. The van der Waals surface area contributed by atoms with Gasteiger partial charge in [-0.1, -0.05) is 37.5 Å². The Balaban J connectivity index is 1.96. The summed E-state index contributed by atoms with van der Waals surface area (Å²) in [6.45, 7) is 0.599. The molecule has 0 atom stereocenters. The molecule has 0 unspecified atom stereocenters. The van der Waals surface area contributed by atoms with Crippen LogP contribution in [0.2, 0.25) is 0 Å². The van der Waals surface area contributed by atoms with Crippen LogP contribution in [0, 0.1) is 10.1 Å². The van der Waals surface area contributed by atoms with Gasteiger partial charge in [-0.05, 0) is 12.8 Å². The number of para-hydroxylation sites is 1. The molecule has 1 aromatic carbocycles. The maximum absolute atomic E-state index is 10.9. The molecule has 0 spiro atoms. The molecule has 0 aromatic heterocycles. The number of hydrogen-bond acceptors (Lipinski definition) is 3. The zero-order chi connectivity index (χ0) is 12.1. The molecule has 1 N–H and O–H groups in total. The molecule has 0 aliphatic heterocycles. The van der Waals surface area contributed by atoms with Gasteiger partial charge < -0.3 is 5.32 Å². The Kier molecular flexibility index (Phi) is 4.09. The van der Waals surface area contributed by atoms with Crippen LogP contribution < -0.4 is 5.32 Å². The molecule has 0 amide bonds. The Hall–Kier alpha value is -1.42. The number of nitrogens with one attached hydrogen (secondary N) is 1. The van der Waals surface area contributed by atoms with Crippen LogP contribution in [-0.2, 0) is 6.54 Å². The molecular weight excluding hydrogens is 216 g/mol. The van der Waals surface area contributed by atoms with Gasteiger partial charge in [-0.2, -0.15) is 0 Å². The summed E-state index contributed by atoms with van der Waals surface area (Å²) in [6, 6.07) is 7.49. The lowest BCUT2D eigenvalue weighted by atomic mass is 9.95. The summed E-state index contributed by atoms with van der Waals surface area (Å²) in [6.07, 6.45) is 6.26. The molecule has 4 heteroatoms. The lowest BCUT2D eigenvalue weighted by molar-refractivity contribution is -0.385. The maximum Gasteiger partial charge on any atom is 0.273 e. The monoisotopic (exact) mass is 234 g/mol. The normalized spacial score (nSPS) is 16.9. The molecule has 1 aliphatic rings. The van der Waals surface area contributed by atoms with Gasteiger partial charge in [-0.3, -0.25) is 10.1 Å². The van der Waals surface area contributed by atoms with Crippen molar-refractivity contribution in [3.63, 3.8) is 0 Å². The van der Waals surface area contributed by atoms with Gasteiger partial charge in [-0.15, -0.1) is 0 Å². The molecule has 0 radical (unpaired) electrons. The number of nitro benzene ring substituents is 1. The topological polar surface area (TPSA) is 55.2 Å². The average molecular weight is 234 g/mol. The molecule has 2 rings (SSSR count). The largest absolute Gasteiger partial charge is 0.310 e. The van der Waals surface area contributed by atoms with Crippen molar-refractivity contribution in [1.82, 2.24) is 5.32 Å². The molecule has 1 aliphatic carbocycles. The fourth-order valence-corrected chi connectivity index (χ4v) is 2.40. The van der Waals surface area contributed by atoms with E-state index in [4.69, 9.17) is 0 Å². The molecule has 17 heavy (non-hydrogen) atoms. The number of nitrogens with zero attached hydrogens (tertiary/aromatic N) is 1. The van der Waals surface area contributed by atoms with Gasteiger partial charge in [0.2, 0.25) is 0 Å². The van der Waals surface area contributed by atoms with Gasteiger partial charge in [0.25, 0.3) is 5.69 Å². The first-order chi connectivity index (χ1) is 8.27. The molecule has 0 heterocycles. The maximum atomic E-state index is 10.9. The van der Waals surface area contributed by atoms with Crippen LogP contribution in [0.4, 0.5) is 5.69 Å². The Morgan fingerprint density at radius 1 is 1.24 bits per heavy atom. The van der Waals surface area contributed by atoms with Crippen molar-refractivity contribution in [2.45, 2.75) is 44.7 Å². The first-order valence-corrected chi connectivity index (χ1v) is 6.23. The molecule has 4 nitrogen and oxygen atoms in total. The molecule has 0 bridgehead atoms. The summed E-state index contributed by atoms with van der Waals surface area (Å²) >= 11 is 0. The van der Waals surface area contributed by atoms with E-state index in [0.717, 1.165) is 5.56 Å². The van der Waals surface area contributed by atoms with E-state index in [9.17, 15) is 10.1 Å². The highest BCUT2D eigenvalue weighted by Crippen LogP contribution is 2.20. The number of nitro groups is 1. The van der Waals surface area contributed by atoms with Gasteiger partial charge in [0.05, 0.1) is 4.92 Å². The van der Waals surface area contributed by atoms with Crippen molar-refractivity contribution >= 4 is 5.69 Å². The second-order valence-corrected chi connectivity index (χ2v) is 4.60. The summed E-state index contributed by atoms with van der Waals surface area (Å²) in [5.41, 5.74) is 0.999. The lowest BCUT2D eigenvalue weighted by Gasteiger charge is -2.22. The van der Waals surface area contributed by atoms with Gasteiger partial charge >= 0.3 is 0 Å².